The maximum absolute atomic E-state index is 2.12. The predicted octanol–water partition coefficient (Wildman–Crippen LogP) is 1.44. The normalized spacial score (nSPS) is 9.54. The molecule has 0 saturated heterocycles. The molecule has 0 aliphatic heterocycles. The topological polar surface area (TPSA) is 6.25 Å². The van der Waals surface area contributed by atoms with Gasteiger partial charge < -0.3 is 4.90 Å². The summed E-state index contributed by atoms with van der Waals surface area (Å²) in [4.78, 5) is 2.10. The van der Waals surface area contributed by atoms with Gasteiger partial charge in [0.2, 0.25) is 0 Å². The molecule has 0 radical (unpaired) electrons. The van der Waals surface area contributed by atoms with Crippen LogP contribution in [0.15, 0.2) is 24.3 Å². The maximum Gasteiger partial charge on any atom is 0.170 e. The van der Waals surface area contributed by atoms with Gasteiger partial charge in [-0.25, -0.2) is 4.58 Å². The van der Waals surface area contributed by atoms with Gasteiger partial charge in [0.1, 0.15) is 14.1 Å². The number of nitrogens with zero attached hydrogens (tertiary/aromatic N) is 2. The summed E-state index contributed by atoms with van der Waals surface area (Å²) in [6.45, 7) is 0. The van der Waals surface area contributed by atoms with Crippen LogP contribution in [0.25, 0.3) is 0 Å². The Morgan fingerprint density at radius 2 is 1.62 bits per heavy atom. The first-order valence-electron chi connectivity index (χ1n) is 4.38. The zero-order chi connectivity index (χ0) is 9.84. The number of anilines is 1. The first-order valence-corrected chi connectivity index (χ1v) is 4.38. The van der Waals surface area contributed by atoms with Crippen molar-refractivity contribution >= 4 is 11.9 Å². The summed E-state index contributed by atoms with van der Waals surface area (Å²) in [6.07, 6.45) is 2.10. The molecular weight excluding hydrogens is 160 g/mol. The van der Waals surface area contributed by atoms with Crippen LogP contribution in [0.3, 0.4) is 0 Å². The highest BCUT2D eigenvalue weighted by Gasteiger charge is 1.95. The fourth-order valence-corrected chi connectivity index (χ4v) is 1.16. The van der Waals surface area contributed by atoms with Crippen LogP contribution >= 0.6 is 0 Å². The maximum atomic E-state index is 2.12. The largest absolute Gasteiger partial charge is 0.378 e. The second-order valence-corrected chi connectivity index (χ2v) is 3.58. The van der Waals surface area contributed by atoms with Crippen LogP contribution in [0.1, 0.15) is 5.56 Å². The van der Waals surface area contributed by atoms with E-state index in [4.69, 9.17) is 0 Å². The monoisotopic (exact) mass is 177 g/mol. The molecule has 0 N–H and O–H groups in total. The third kappa shape index (κ3) is 2.90. The molecule has 0 unspecified atom stereocenters. The third-order valence-corrected chi connectivity index (χ3v) is 1.82. The van der Waals surface area contributed by atoms with Gasteiger partial charge in [0.25, 0.3) is 0 Å². The zero-order valence-electron chi connectivity index (χ0n) is 8.78. The van der Waals surface area contributed by atoms with Gasteiger partial charge in [0.15, 0.2) is 6.21 Å². The lowest BCUT2D eigenvalue weighted by molar-refractivity contribution is -0.458. The smallest absolute Gasteiger partial charge is 0.170 e. The molecule has 0 saturated carbocycles. The number of hydrogen-bond acceptors (Lipinski definition) is 1. The standard InChI is InChI=1S/C11H17N2/c1-12(2)9-10-5-7-11(8-6-10)13(3)4/h5-9H,1-4H3/q+1. The van der Waals surface area contributed by atoms with Gasteiger partial charge in [-0.2, -0.15) is 0 Å². The predicted molar refractivity (Wildman–Crippen MR) is 58.0 cm³/mol. The van der Waals surface area contributed by atoms with Crippen LogP contribution in [-0.2, 0) is 0 Å². The van der Waals surface area contributed by atoms with Crippen molar-refractivity contribution in [1.29, 1.82) is 0 Å². The van der Waals surface area contributed by atoms with Crippen LogP contribution in [0.4, 0.5) is 5.69 Å². The SMILES string of the molecule is CN(C)c1ccc(C=[N+](C)C)cc1. The molecule has 0 heterocycles. The highest BCUT2D eigenvalue weighted by atomic mass is 15.1. The van der Waals surface area contributed by atoms with Crippen molar-refractivity contribution in [1.82, 2.24) is 0 Å². The Morgan fingerprint density at radius 1 is 1.08 bits per heavy atom. The van der Waals surface area contributed by atoms with E-state index in [1.54, 1.807) is 0 Å². The summed E-state index contributed by atoms with van der Waals surface area (Å²) in [5, 5.41) is 0. The number of hydrogen-bond donors (Lipinski definition) is 0. The molecule has 0 spiro atoms. The summed E-state index contributed by atoms with van der Waals surface area (Å²) >= 11 is 0. The average Bonchev–Trinajstić information content (AvgIpc) is 2.04. The van der Waals surface area contributed by atoms with Crippen molar-refractivity contribution in [2.45, 2.75) is 0 Å². The van der Waals surface area contributed by atoms with Gasteiger partial charge in [0.05, 0.1) is 0 Å². The second-order valence-electron chi connectivity index (χ2n) is 3.58. The van der Waals surface area contributed by atoms with E-state index < -0.39 is 0 Å². The van der Waals surface area contributed by atoms with Crippen molar-refractivity contribution in [3.05, 3.63) is 29.8 Å². The van der Waals surface area contributed by atoms with Crippen LogP contribution in [0, 0.1) is 0 Å². The fraction of sp³-hybridized carbons (Fsp3) is 0.364. The molecule has 1 aromatic rings. The summed E-state index contributed by atoms with van der Waals surface area (Å²) in [5.41, 5.74) is 2.46. The molecule has 0 fully saturated rings. The van der Waals surface area contributed by atoms with E-state index in [0.29, 0.717) is 0 Å². The van der Waals surface area contributed by atoms with Gasteiger partial charge in [-0.05, 0) is 24.3 Å². The quantitative estimate of drug-likeness (QED) is 0.489. The lowest BCUT2D eigenvalue weighted by Gasteiger charge is -2.11. The van der Waals surface area contributed by atoms with Crippen LogP contribution in [-0.4, -0.2) is 39.0 Å². The molecule has 0 aliphatic carbocycles. The minimum Gasteiger partial charge on any atom is -0.378 e. The van der Waals surface area contributed by atoms with Gasteiger partial charge >= 0.3 is 0 Å². The molecule has 2 heteroatoms. The van der Waals surface area contributed by atoms with Gasteiger partial charge in [-0.15, -0.1) is 0 Å². The highest BCUT2D eigenvalue weighted by Crippen LogP contribution is 2.10. The van der Waals surface area contributed by atoms with Crippen LogP contribution < -0.4 is 4.90 Å². The van der Waals surface area contributed by atoms with E-state index in [1.807, 2.05) is 32.8 Å². The van der Waals surface area contributed by atoms with Crippen molar-refractivity contribution in [2.24, 2.45) is 0 Å². The first kappa shape index (κ1) is 9.78. The summed E-state index contributed by atoms with van der Waals surface area (Å²) in [7, 11) is 8.15. The summed E-state index contributed by atoms with van der Waals surface area (Å²) < 4.78 is 2.05. The lowest BCUT2D eigenvalue weighted by Crippen LogP contribution is -2.08. The third-order valence-electron chi connectivity index (χ3n) is 1.82. The Bertz CT molecular complexity index is 292. The molecule has 1 rings (SSSR count). The Labute approximate surface area is 80.1 Å². The Balaban J connectivity index is 2.88. The van der Waals surface area contributed by atoms with Gasteiger partial charge in [0, 0.05) is 25.3 Å². The molecule has 0 aromatic heterocycles. The van der Waals surface area contributed by atoms with E-state index in [2.05, 4.69) is 35.4 Å². The zero-order valence-corrected chi connectivity index (χ0v) is 8.78. The van der Waals surface area contributed by atoms with Crippen molar-refractivity contribution in [3.63, 3.8) is 0 Å². The molecule has 70 valence electrons. The van der Waals surface area contributed by atoms with Gasteiger partial charge in [-0.3, -0.25) is 0 Å². The van der Waals surface area contributed by atoms with E-state index in [1.165, 1.54) is 11.3 Å². The van der Waals surface area contributed by atoms with E-state index in [0.717, 1.165) is 0 Å². The Morgan fingerprint density at radius 3 is 2.00 bits per heavy atom. The molecule has 2 nitrogen and oxygen atoms in total. The van der Waals surface area contributed by atoms with E-state index >= 15 is 0 Å². The Kier molecular flexibility index (Phi) is 3.07. The minimum absolute atomic E-state index is 1.23. The van der Waals surface area contributed by atoms with Crippen molar-refractivity contribution in [3.8, 4) is 0 Å². The van der Waals surface area contributed by atoms with Crippen LogP contribution in [0.2, 0.25) is 0 Å². The van der Waals surface area contributed by atoms with E-state index in [-0.39, 0.29) is 0 Å². The molecule has 1 aromatic carbocycles. The molecular formula is C11H17N2+. The van der Waals surface area contributed by atoms with Crippen LogP contribution in [0.5, 0.6) is 0 Å². The molecule has 0 aliphatic rings. The van der Waals surface area contributed by atoms with Gasteiger partial charge in [-0.1, -0.05) is 0 Å². The second kappa shape index (κ2) is 4.08. The molecule has 0 amide bonds. The summed E-state index contributed by atoms with van der Waals surface area (Å²) in [5.74, 6) is 0. The first-order chi connectivity index (χ1) is 6.09. The molecule has 0 bridgehead atoms. The van der Waals surface area contributed by atoms with E-state index in [9.17, 15) is 0 Å². The fourth-order valence-electron chi connectivity index (χ4n) is 1.16. The minimum atomic E-state index is 1.23. The summed E-state index contributed by atoms with van der Waals surface area (Å²) in [6, 6.07) is 8.48. The lowest BCUT2D eigenvalue weighted by atomic mass is 10.2. The highest BCUT2D eigenvalue weighted by molar-refractivity contribution is 5.76. The molecule has 0 atom stereocenters. The number of rotatable bonds is 2. The number of benzene rings is 1. The van der Waals surface area contributed by atoms with Crippen molar-refractivity contribution in [2.75, 3.05) is 33.1 Å². The molecule has 13 heavy (non-hydrogen) atoms. The Hall–Kier alpha value is -1.31. The average molecular weight is 177 g/mol. The van der Waals surface area contributed by atoms with Crippen molar-refractivity contribution < 1.29 is 4.58 Å².